The molecule has 1 saturated heterocycles. The summed E-state index contributed by atoms with van der Waals surface area (Å²) in [6, 6.07) is 0.387. The fraction of sp³-hybridized carbons (Fsp3) is 0.917. The van der Waals surface area contributed by atoms with E-state index in [1.165, 1.54) is 0 Å². The van der Waals surface area contributed by atoms with Gasteiger partial charge in [-0.15, -0.1) is 0 Å². The molecule has 1 N–H and O–H groups in total. The number of carbonyl (C=O) groups excluding carboxylic acids is 1. The highest BCUT2D eigenvalue weighted by atomic mass is 16.3. The minimum atomic E-state index is -0.380. The van der Waals surface area contributed by atoms with Crippen LogP contribution in [0, 0.1) is 0 Å². The molecule has 1 atom stereocenters. The highest BCUT2D eigenvalue weighted by molar-refractivity contribution is 5.76. The van der Waals surface area contributed by atoms with Gasteiger partial charge in [0.05, 0.1) is 6.10 Å². The van der Waals surface area contributed by atoms with Crippen LogP contribution in [0.1, 0.15) is 32.6 Å². The fourth-order valence-corrected chi connectivity index (χ4v) is 2.09. The highest BCUT2D eigenvalue weighted by Crippen LogP contribution is 2.15. The molecule has 1 aliphatic rings. The molecule has 0 aromatic heterocycles. The van der Waals surface area contributed by atoms with Crippen LogP contribution in [0.5, 0.6) is 0 Å². The third kappa shape index (κ3) is 4.10. The molecule has 4 nitrogen and oxygen atoms in total. The molecular formula is C12H24N2O2. The van der Waals surface area contributed by atoms with Crippen molar-refractivity contribution in [2.45, 2.75) is 44.8 Å². The van der Waals surface area contributed by atoms with Crippen LogP contribution >= 0.6 is 0 Å². The van der Waals surface area contributed by atoms with E-state index in [1.807, 2.05) is 11.9 Å². The van der Waals surface area contributed by atoms with E-state index < -0.39 is 0 Å². The van der Waals surface area contributed by atoms with Gasteiger partial charge in [0.15, 0.2) is 0 Å². The second-order valence-corrected chi connectivity index (χ2v) is 4.93. The zero-order valence-corrected chi connectivity index (χ0v) is 10.6. The van der Waals surface area contributed by atoms with E-state index in [2.05, 4.69) is 11.9 Å². The number of rotatable bonds is 4. The summed E-state index contributed by atoms with van der Waals surface area (Å²) >= 11 is 0. The normalized spacial score (nSPS) is 20.8. The summed E-state index contributed by atoms with van der Waals surface area (Å²) in [4.78, 5) is 16.0. The third-order valence-electron chi connectivity index (χ3n) is 3.41. The topological polar surface area (TPSA) is 43.8 Å². The molecule has 0 saturated carbocycles. The largest absolute Gasteiger partial charge is 0.393 e. The molecule has 0 aliphatic carbocycles. The van der Waals surface area contributed by atoms with Crippen LogP contribution in [0.25, 0.3) is 0 Å². The number of amides is 1. The van der Waals surface area contributed by atoms with Crippen molar-refractivity contribution < 1.29 is 9.90 Å². The van der Waals surface area contributed by atoms with Crippen LogP contribution in [-0.4, -0.2) is 60.1 Å². The van der Waals surface area contributed by atoms with Crippen LogP contribution in [0.4, 0.5) is 0 Å². The van der Waals surface area contributed by atoms with Gasteiger partial charge in [0, 0.05) is 19.5 Å². The Kier molecular flexibility index (Phi) is 5.22. The van der Waals surface area contributed by atoms with E-state index in [-0.39, 0.29) is 12.0 Å². The Morgan fingerprint density at radius 1 is 1.50 bits per heavy atom. The lowest BCUT2D eigenvalue weighted by atomic mass is 10.0. The van der Waals surface area contributed by atoms with Gasteiger partial charge in [-0.3, -0.25) is 4.79 Å². The van der Waals surface area contributed by atoms with Crippen LogP contribution in [-0.2, 0) is 4.79 Å². The Morgan fingerprint density at radius 3 is 2.56 bits per heavy atom. The van der Waals surface area contributed by atoms with Crippen molar-refractivity contribution in [3.05, 3.63) is 0 Å². The van der Waals surface area contributed by atoms with Crippen molar-refractivity contribution in [3.63, 3.8) is 0 Å². The summed E-state index contributed by atoms with van der Waals surface area (Å²) in [5.41, 5.74) is 0. The molecule has 0 bridgehead atoms. The number of carbonyl (C=O) groups is 1. The summed E-state index contributed by atoms with van der Waals surface area (Å²) in [6.45, 7) is 3.86. The number of nitrogens with zero attached hydrogens (tertiary/aromatic N) is 2. The number of likely N-dealkylation sites (tertiary alicyclic amines) is 1. The molecule has 1 unspecified atom stereocenters. The third-order valence-corrected chi connectivity index (χ3v) is 3.41. The Morgan fingerprint density at radius 2 is 2.06 bits per heavy atom. The van der Waals surface area contributed by atoms with Crippen LogP contribution in [0.2, 0.25) is 0 Å². The maximum atomic E-state index is 11.8. The van der Waals surface area contributed by atoms with Gasteiger partial charge in [-0.25, -0.2) is 0 Å². The summed E-state index contributed by atoms with van der Waals surface area (Å²) in [5, 5.41) is 9.15. The van der Waals surface area contributed by atoms with E-state index in [0.29, 0.717) is 18.9 Å². The number of hydrogen-bond acceptors (Lipinski definition) is 3. The first-order valence-corrected chi connectivity index (χ1v) is 6.13. The maximum absolute atomic E-state index is 11.8. The van der Waals surface area contributed by atoms with E-state index in [9.17, 15) is 4.79 Å². The van der Waals surface area contributed by atoms with Crippen molar-refractivity contribution in [1.29, 1.82) is 0 Å². The monoisotopic (exact) mass is 228 g/mol. The minimum Gasteiger partial charge on any atom is -0.393 e. The van der Waals surface area contributed by atoms with Gasteiger partial charge in [0.25, 0.3) is 0 Å². The first kappa shape index (κ1) is 13.5. The molecule has 0 spiro atoms. The van der Waals surface area contributed by atoms with E-state index in [0.717, 1.165) is 25.9 Å². The molecule has 0 aromatic rings. The Bertz CT molecular complexity index is 223. The zero-order valence-electron chi connectivity index (χ0n) is 10.6. The summed E-state index contributed by atoms with van der Waals surface area (Å²) in [7, 11) is 4.01. The molecule has 0 radical (unpaired) electrons. The average molecular weight is 228 g/mol. The molecular weight excluding hydrogens is 204 g/mol. The minimum absolute atomic E-state index is 0.162. The van der Waals surface area contributed by atoms with E-state index in [4.69, 9.17) is 5.11 Å². The van der Waals surface area contributed by atoms with Crippen molar-refractivity contribution >= 4 is 5.91 Å². The molecule has 0 aromatic carbocycles. The first-order valence-electron chi connectivity index (χ1n) is 6.13. The second kappa shape index (κ2) is 6.21. The average Bonchev–Trinajstić information content (AvgIpc) is 2.26. The lowest BCUT2D eigenvalue weighted by Gasteiger charge is -2.35. The summed E-state index contributed by atoms with van der Waals surface area (Å²) in [6.07, 6.45) is 2.77. The van der Waals surface area contributed by atoms with E-state index in [1.54, 1.807) is 6.92 Å². The standard InChI is InChI=1S/C12H24N2O2/c1-10(15)4-5-12(16)14(3)11-6-8-13(2)9-7-11/h10-11,15H,4-9H2,1-3H3. The molecule has 1 aliphatic heterocycles. The van der Waals surface area contributed by atoms with Crippen molar-refractivity contribution in [3.8, 4) is 0 Å². The van der Waals surface area contributed by atoms with Gasteiger partial charge in [0.2, 0.25) is 5.91 Å². The van der Waals surface area contributed by atoms with E-state index >= 15 is 0 Å². The lowest BCUT2D eigenvalue weighted by molar-refractivity contribution is -0.133. The van der Waals surface area contributed by atoms with Crippen LogP contribution in [0.15, 0.2) is 0 Å². The van der Waals surface area contributed by atoms with Crippen molar-refractivity contribution in [1.82, 2.24) is 9.80 Å². The predicted octanol–water partition coefficient (Wildman–Crippen LogP) is 0.700. The smallest absolute Gasteiger partial charge is 0.222 e. The van der Waals surface area contributed by atoms with Crippen LogP contribution < -0.4 is 0 Å². The number of aliphatic hydroxyl groups is 1. The number of aliphatic hydroxyl groups excluding tert-OH is 1. The van der Waals surface area contributed by atoms with Crippen LogP contribution in [0.3, 0.4) is 0 Å². The fourth-order valence-electron chi connectivity index (χ4n) is 2.09. The lowest BCUT2D eigenvalue weighted by Crippen LogP contribution is -2.44. The molecule has 4 heteroatoms. The van der Waals surface area contributed by atoms with Gasteiger partial charge < -0.3 is 14.9 Å². The number of hydrogen-bond donors (Lipinski definition) is 1. The number of piperidine rings is 1. The Labute approximate surface area is 98.2 Å². The predicted molar refractivity (Wildman–Crippen MR) is 64.2 cm³/mol. The molecule has 94 valence electrons. The van der Waals surface area contributed by atoms with Crippen molar-refractivity contribution in [2.24, 2.45) is 0 Å². The second-order valence-electron chi connectivity index (χ2n) is 4.93. The summed E-state index contributed by atoms with van der Waals surface area (Å²) in [5.74, 6) is 0.162. The summed E-state index contributed by atoms with van der Waals surface area (Å²) < 4.78 is 0. The quantitative estimate of drug-likeness (QED) is 0.770. The Balaban J connectivity index is 2.32. The molecule has 1 heterocycles. The van der Waals surface area contributed by atoms with Gasteiger partial charge >= 0.3 is 0 Å². The van der Waals surface area contributed by atoms with Gasteiger partial charge in [-0.1, -0.05) is 0 Å². The maximum Gasteiger partial charge on any atom is 0.222 e. The molecule has 16 heavy (non-hydrogen) atoms. The molecule has 1 amide bonds. The van der Waals surface area contributed by atoms with Gasteiger partial charge in [-0.2, -0.15) is 0 Å². The Hall–Kier alpha value is -0.610. The SMILES string of the molecule is CC(O)CCC(=O)N(C)C1CCN(C)CC1. The van der Waals surface area contributed by atoms with Crippen molar-refractivity contribution in [2.75, 3.05) is 27.2 Å². The zero-order chi connectivity index (χ0) is 12.1. The highest BCUT2D eigenvalue weighted by Gasteiger charge is 2.23. The van der Waals surface area contributed by atoms with Gasteiger partial charge in [-0.05, 0) is 46.3 Å². The van der Waals surface area contributed by atoms with Gasteiger partial charge in [0.1, 0.15) is 0 Å². The molecule has 1 fully saturated rings. The molecule has 1 rings (SSSR count). The first-order chi connectivity index (χ1) is 7.50.